The smallest absolute Gasteiger partial charge is 0.165 e. The van der Waals surface area contributed by atoms with E-state index in [-0.39, 0.29) is 6.04 Å². The average molecular weight is 253 g/mol. The number of nitrogens with zero attached hydrogens (tertiary/aromatic N) is 1. The molecule has 2 unspecified atom stereocenters. The van der Waals surface area contributed by atoms with E-state index in [1.54, 1.807) is 0 Å². The second-order valence-corrected chi connectivity index (χ2v) is 8.04. The van der Waals surface area contributed by atoms with Crippen molar-refractivity contribution >= 4 is 9.84 Å². The quantitative estimate of drug-likeness (QED) is 0.807. The molecule has 0 spiro atoms. The van der Waals surface area contributed by atoms with Crippen molar-refractivity contribution < 1.29 is 8.42 Å². The molecule has 0 N–H and O–H groups in total. The molecule has 0 radical (unpaired) electrons. The molecular weight excluding hydrogens is 234 g/mol. The van der Waals surface area contributed by atoms with Gasteiger partial charge in [-0.1, -0.05) is 30.3 Å². The van der Waals surface area contributed by atoms with Crippen LogP contribution in [0.2, 0.25) is 0 Å². The minimum absolute atomic E-state index is 0.0369. The molecule has 0 amide bonds. The first-order valence-electron chi connectivity index (χ1n) is 5.75. The standard InChI is InChI=1S/C13H19NO2S/c1-13(2)12(14(3)4)11(17(13,15)16)10-8-6-5-7-9-10/h5-9,11-12H,1-4H3. The molecule has 2 rings (SSSR count). The fraction of sp³-hybridized carbons (Fsp3) is 0.538. The van der Waals surface area contributed by atoms with Crippen LogP contribution in [0.15, 0.2) is 30.3 Å². The lowest BCUT2D eigenvalue weighted by Gasteiger charge is -2.53. The highest BCUT2D eigenvalue weighted by Crippen LogP contribution is 2.51. The van der Waals surface area contributed by atoms with Crippen molar-refractivity contribution in [2.45, 2.75) is 29.9 Å². The van der Waals surface area contributed by atoms with Gasteiger partial charge in [-0.2, -0.15) is 0 Å². The Morgan fingerprint density at radius 3 is 2.12 bits per heavy atom. The fourth-order valence-corrected chi connectivity index (χ4v) is 5.41. The van der Waals surface area contributed by atoms with Crippen molar-refractivity contribution in [1.29, 1.82) is 0 Å². The third-order valence-electron chi connectivity index (χ3n) is 3.75. The summed E-state index contributed by atoms with van der Waals surface area (Å²) in [5.41, 5.74) is 0.894. The van der Waals surface area contributed by atoms with Crippen molar-refractivity contribution in [2.24, 2.45) is 0 Å². The van der Waals surface area contributed by atoms with Crippen molar-refractivity contribution in [3.05, 3.63) is 35.9 Å². The van der Waals surface area contributed by atoms with Gasteiger partial charge >= 0.3 is 0 Å². The predicted molar refractivity (Wildman–Crippen MR) is 69.7 cm³/mol. The van der Waals surface area contributed by atoms with Crippen molar-refractivity contribution in [2.75, 3.05) is 14.1 Å². The molecule has 3 nitrogen and oxygen atoms in total. The van der Waals surface area contributed by atoms with Gasteiger partial charge in [0.25, 0.3) is 0 Å². The first kappa shape index (κ1) is 12.6. The Morgan fingerprint density at radius 1 is 1.12 bits per heavy atom. The van der Waals surface area contributed by atoms with Gasteiger partial charge < -0.3 is 4.90 Å². The summed E-state index contributed by atoms with van der Waals surface area (Å²) in [7, 11) is 0.794. The van der Waals surface area contributed by atoms with Crippen LogP contribution in [-0.2, 0) is 9.84 Å². The van der Waals surface area contributed by atoms with Gasteiger partial charge in [0.1, 0.15) is 5.25 Å². The number of benzene rings is 1. The lowest BCUT2D eigenvalue weighted by atomic mass is 9.92. The maximum atomic E-state index is 12.4. The number of sulfone groups is 1. The minimum atomic E-state index is -3.09. The van der Waals surface area contributed by atoms with Gasteiger partial charge in [-0.25, -0.2) is 8.42 Å². The maximum Gasteiger partial charge on any atom is 0.165 e. The third kappa shape index (κ3) is 1.62. The highest BCUT2D eigenvalue weighted by atomic mass is 32.2. The Hall–Kier alpha value is -0.870. The second-order valence-electron chi connectivity index (χ2n) is 5.39. The summed E-state index contributed by atoms with van der Waals surface area (Å²) in [6.07, 6.45) is 0. The molecule has 0 aliphatic carbocycles. The summed E-state index contributed by atoms with van der Waals surface area (Å²) in [5.74, 6) is 0. The Kier molecular flexibility index (Phi) is 2.83. The van der Waals surface area contributed by atoms with Crippen LogP contribution < -0.4 is 0 Å². The second kappa shape index (κ2) is 3.82. The molecule has 1 saturated heterocycles. The molecule has 1 aromatic rings. The van der Waals surface area contributed by atoms with E-state index in [4.69, 9.17) is 0 Å². The summed E-state index contributed by atoms with van der Waals surface area (Å²) in [4.78, 5) is 2.01. The Morgan fingerprint density at radius 2 is 1.65 bits per heavy atom. The van der Waals surface area contributed by atoms with E-state index >= 15 is 0 Å². The zero-order valence-electron chi connectivity index (χ0n) is 10.7. The van der Waals surface area contributed by atoms with Crippen LogP contribution in [0, 0.1) is 0 Å². The van der Waals surface area contributed by atoms with Gasteiger partial charge in [0, 0.05) is 6.04 Å². The van der Waals surface area contributed by atoms with Crippen molar-refractivity contribution in [3.63, 3.8) is 0 Å². The lowest BCUT2D eigenvalue weighted by Crippen LogP contribution is -2.66. The van der Waals surface area contributed by atoms with Gasteiger partial charge in [0.05, 0.1) is 4.75 Å². The van der Waals surface area contributed by atoms with Crippen molar-refractivity contribution in [3.8, 4) is 0 Å². The molecule has 2 atom stereocenters. The third-order valence-corrected chi connectivity index (χ3v) is 6.66. The lowest BCUT2D eigenvalue weighted by molar-refractivity contribution is 0.200. The SMILES string of the molecule is CN(C)C1C(c2ccccc2)S(=O)(=O)C1(C)C. The summed E-state index contributed by atoms with van der Waals surface area (Å²) in [6.45, 7) is 3.62. The van der Waals surface area contributed by atoms with E-state index in [0.717, 1.165) is 5.56 Å². The molecular formula is C13H19NO2S. The monoisotopic (exact) mass is 253 g/mol. The number of likely N-dealkylation sites (N-methyl/N-ethyl adjacent to an activating group) is 1. The summed E-state index contributed by atoms with van der Waals surface area (Å²) < 4.78 is 24.0. The Labute approximate surface area is 103 Å². The minimum Gasteiger partial charge on any atom is -0.303 e. The predicted octanol–water partition coefficient (Wildman–Crippen LogP) is 1.86. The van der Waals surface area contributed by atoms with Crippen LogP contribution in [0.1, 0.15) is 24.7 Å². The first-order valence-corrected chi connectivity index (χ1v) is 7.29. The number of rotatable bonds is 2. The topological polar surface area (TPSA) is 37.4 Å². The van der Waals surface area contributed by atoms with Gasteiger partial charge in [-0.15, -0.1) is 0 Å². The van der Waals surface area contributed by atoms with E-state index in [2.05, 4.69) is 0 Å². The van der Waals surface area contributed by atoms with E-state index in [1.165, 1.54) is 0 Å². The van der Waals surface area contributed by atoms with Gasteiger partial charge in [0.15, 0.2) is 9.84 Å². The molecule has 1 aliphatic rings. The van der Waals surface area contributed by atoms with E-state index < -0.39 is 19.8 Å². The van der Waals surface area contributed by atoms with Gasteiger partial charge in [-0.3, -0.25) is 0 Å². The van der Waals surface area contributed by atoms with Crippen LogP contribution >= 0.6 is 0 Å². The van der Waals surface area contributed by atoms with E-state index in [1.807, 2.05) is 63.2 Å². The van der Waals surface area contributed by atoms with Gasteiger partial charge in [0.2, 0.25) is 0 Å². The van der Waals surface area contributed by atoms with Crippen LogP contribution in [0.3, 0.4) is 0 Å². The molecule has 1 aromatic carbocycles. The maximum absolute atomic E-state index is 12.4. The van der Waals surface area contributed by atoms with E-state index in [9.17, 15) is 8.42 Å². The number of hydrogen-bond acceptors (Lipinski definition) is 3. The molecule has 17 heavy (non-hydrogen) atoms. The zero-order valence-corrected chi connectivity index (χ0v) is 11.5. The summed E-state index contributed by atoms with van der Waals surface area (Å²) in [6, 6.07) is 9.52. The first-order chi connectivity index (χ1) is 7.80. The number of hydrogen-bond donors (Lipinski definition) is 0. The molecule has 0 saturated carbocycles. The molecule has 1 fully saturated rings. The molecule has 1 heterocycles. The molecule has 4 heteroatoms. The highest BCUT2D eigenvalue weighted by Gasteiger charge is 2.62. The Bertz CT molecular complexity index is 505. The summed E-state index contributed by atoms with van der Waals surface area (Å²) in [5, 5.41) is -0.395. The van der Waals surface area contributed by atoms with Crippen molar-refractivity contribution in [1.82, 2.24) is 4.90 Å². The normalized spacial score (nSPS) is 29.9. The van der Waals surface area contributed by atoms with Gasteiger partial charge in [-0.05, 0) is 33.5 Å². The summed E-state index contributed by atoms with van der Waals surface area (Å²) >= 11 is 0. The molecule has 0 bridgehead atoms. The molecule has 94 valence electrons. The van der Waals surface area contributed by atoms with Crippen LogP contribution in [0.5, 0.6) is 0 Å². The largest absolute Gasteiger partial charge is 0.303 e. The van der Waals surface area contributed by atoms with Crippen LogP contribution in [-0.4, -0.2) is 38.2 Å². The zero-order chi connectivity index (χ0) is 12.8. The molecule has 1 aliphatic heterocycles. The van der Waals surface area contributed by atoms with E-state index in [0.29, 0.717) is 0 Å². The van der Waals surface area contributed by atoms with Crippen LogP contribution in [0.4, 0.5) is 0 Å². The average Bonchev–Trinajstić information content (AvgIpc) is 2.25. The highest BCUT2D eigenvalue weighted by molar-refractivity contribution is 7.94. The fourth-order valence-electron chi connectivity index (χ4n) is 2.85. The Balaban J connectivity index is 2.48. The van der Waals surface area contributed by atoms with Crippen LogP contribution in [0.25, 0.3) is 0 Å². The molecule has 0 aromatic heterocycles.